The smallest absolute Gasteiger partial charge is 0.337 e. The van der Waals surface area contributed by atoms with E-state index in [1.807, 2.05) is 0 Å². The van der Waals surface area contributed by atoms with E-state index in [0.717, 1.165) is 18.7 Å². The maximum absolute atomic E-state index is 10.7. The van der Waals surface area contributed by atoms with Gasteiger partial charge in [-0.25, -0.2) is 4.79 Å². The zero-order valence-corrected chi connectivity index (χ0v) is 9.66. The second kappa shape index (κ2) is 5.39. The van der Waals surface area contributed by atoms with E-state index in [-0.39, 0.29) is 5.56 Å². The van der Waals surface area contributed by atoms with Crippen molar-refractivity contribution in [2.45, 2.75) is 20.3 Å². The molecule has 16 heavy (non-hydrogen) atoms. The quantitative estimate of drug-likeness (QED) is 0.669. The summed E-state index contributed by atoms with van der Waals surface area (Å²) >= 11 is 0. The molecule has 0 aromatic heterocycles. The Hall–Kier alpha value is -1.71. The number of carbonyl (C=O) groups is 1. The first kappa shape index (κ1) is 12.4. The van der Waals surface area contributed by atoms with E-state index in [1.54, 1.807) is 12.1 Å². The number of nitrogen functional groups attached to an aromatic ring is 1. The third-order valence-corrected chi connectivity index (χ3v) is 2.63. The molecule has 0 radical (unpaired) electrons. The summed E-state index contributed by atoms with van der Waals surface area (Å²) in [4.78, 5) is 10.7. The van der Waals surface area contributed by atoms with Crippen molar-refractivity contribution in [3.63, 3.8) is 0 Å². The Morgan fingerprint density at radius 1 is 1.56 bits per heavy atom. The summed E-state index contributed by atoms with van der Waals surface area (Å²) in [7, 11) is 0. The first-order valence-electron chi connectivity index (χ1n) is 5.41. The number of aromatic carboxylic acids is 1. The van der Waals surface area contributed by atoms with E-state index in [9.17, 15) is 4.79 Å². The summed E-state index contributed by atoms with van der Waals surface area (Å²) in [6.07, 6.45) is 1.11. The highest BCUT2D eigenvalue weighted by molar-refractivity contribution is 5.94. The van der Waals surface area contributed by atoms with Crippen LogP contribution in [0, 0.1) is 5.92 Å². The van der Waals surface area contributed by atoms with Gasteiger partial charge in [-0.05, 0) is 24.1 Å². The van der Waals surface area contributed by atoms with E-state index in [0.29, 0.717) is 11.6 Å². The molecule has 0 aliphatic rings. The SMILES string of the molecule is CCC(C)CNc1ccc(C(=O)O)c(N)c1. The van der Waals surface area contributed by atoms with Gasteiger partial charge in [0.2, 0.25) is 0 Å². The molecule has 0 amide bonds. The fraction of sp³-hybridized carbons (Fsp3) is 0.417. The minimum Gasteiger partial charge on any atom is -0.478 e. The number of nitrogens with one attached hydrogen (secondary N) is 1. The molecular weight excluding hydrogens is 204 g/mol. The van der Waals surface area contributed by atoms with Gasteiger partial charge in [0.1, 0.15) is 0 Å². The first-order valence-corrected chi connectivity index (χ1v) is 5.41. The first-order chi connectivity index (χ1) is 7.54. The summed E-state index contributed by atoms with van der Waals surface area (Å²) in [5.41, 5.74) is 6.94. The van der Waals surface area contributed by atoms with Crippen molar-refractivity contribution in [2.24, 2.45) is 5.92 Å². The maximum atomic E-state index is 10.7. The number of anilines is 2. The Balaban J connectivity index is 2.70. The lowest BCUT2D eigenvalue weighted by Crippen LogP contribution is -2.11. The Bertz CT molecular complexity index is 377. The molecule has 0 aliphatic carbocycles. The number of carboxylic acids is 1. The summed E-state index contributed by atoms with van der Waals surface area (Å²) < 4.78 is 0. The van der Waals surface area contributed by atoms with E-state index >= 15 is 0 Å². The molecule has 0 aliphatic heterocycles. The number of nitrogens with two attached hydrogens (primary N) is 1. The van der Waals surface area contributed by atoms with Gasteiger partial charge in [0.05, 0.1) is 5.56 Å². The Labute approximate surface area is 95.5 Å². The van der Waals surface area contributed by atoms with Crippen molar-refractivity contribution in [3.05, 3.63) is 23.8 Å². The van der Waals surface area contributed by atoms with E-state index in [1.165, 1.54) is 6.07 Å². The lowest BCUT2D eigenvalue weighted by Gasteiger charge is -2.12. The topological polar surface area (TPSA) is 75.3 Å². The predicted molar refractivity (Wildman–Crippen MR) is 65.8 cm³/mol. The fourth-order valence-corrected chi connectivity index (χ4v) is 1.30. The fourth-order valence-electron chi connectivity index (χ4n) is 1.30. The molecule has 1 rings (SSSR count). The van der Waals surface area contributed by atoms with Crippen molar-refractivity contribution >= 4 is 17.3 Å². The van der Waals surface area contributed by atoms with Crippen molar-refractivity contribution < 1.29 is 9.90 Å². The zero-order valence-electron chi connectivity index (χ0n) is 9.66. The van der Waals surface area contributed by atoms with Crippen molar-refractivity contribution in [2.75, 3.05) is 17.6 Å². The van der Waals surface area contributed by atoms with E-state index in [4.69, 9.17) is 10.8 Å². The van der Waals surface area contributed by atoms with Gasteiger partial charge in [-0.3, -0.25) is 0 Å². The molecule has 4 heteroatoms. The van der Waals surface area contributed by atoms with Crippen LogP contribution in [0.3, 0.4) is 0 Å². The summed E-state index contributed by atoms with van der Waals surface area (Å²) in [6, 6.07) is 4.92. The molecule has 1 unspecified atom stereocenters. The van der Waals surface area contributed by atoms with Crippen LogP contribution in [-0.4, -0.2) is 17.6 Å². The van der Waals surface area contributed by atoms with E-state index < -0.39 is 5.97 Å². The minimum atomic E-state index is -0.994. The molecule has 0 saturated carbocycles. The van der Waals surface area contributed by atoms with Gasteiger partial charge in [-0.1, -0.05) is 20.3 Å². The molecule has 4 nitrogen and oxygen atoms in total. The number of benzene rings is 1. The monoisotopic (exact) mass is 222 g/mol. The third kappa shape index (κ3) is 3.15. The molecule has 0 heterocycles. The highest BCUT2D eigenvalue weighted by Gasteiger charge is 2.08. The van der Waals surface area contributed by atoms with Gasteiger partial charge in [-0.15, -0.1) is 0 Å². The number of carboxylic acid groups (broad SMARTS) is 1. The molecule has 0 saturated heterocycles. The van der Waals surface area contributed by atoms with Gasteiger partial charge in [0, 0.05) is 17.9 Å². The largest absolute Gasteiger partial charge is 0.478 e. The van der Waals surface area contributed by atoms with Crippen LogP contribution in [0.4, 0.5) is 11.4 Å². The molecule has 4 N–H and O–H groups in total. The Kier molecular flexibility index (Phi) is 4.17. The van der Waals surface area contributed by atoms with Crippen LogP contribution in [0.2, 0.25) is 0 Å². The molecular formula is C12H18N2O2. The molecule has 0 spiro atoms. The molecule has 88 valence electrons. The Morgan fingerprint density at radius 3 is 2.75 bits per heavy atom. The number of rotatable bonds is 5. The molecule has 1 aromatic carbocycles. The second-order valence-electron chi connectivity index (χ2n) is 4.00. The van der Waals surface area contributed by atoms with Crippen LogP contribution < -0.4 is 11.1 Å². The highest BCUT2D eigenvalue weighted by atomic mass is 16.4. The van der Waals surface area contributed by atoms with Crippen molar-refractivity contribution in [1.29, 1.82) is 0 Å². The summed E-state index contributed by atoms with van der Waals surface area (Å²) in [5.74, 6) is -0.411. The maximum Gasteiger partial charge on any atom is 0.337 e. The summed E-state index contributed by atoms with van der Waals surface area (Å²) in [6.45, 7) is 5.15. The zero-order chi connectivity index (χ0) is 12.1. The number of hydrogen-bond acceptors (Lipinski definition) is 3. The van der Waals surface area contributed by atoms with Gasteiger partial charge in [-0.2, -0.15) is 0 Å². The predicted octanol–water partition coefficient (Wildman–Crippen LogP) is 2.42. The van der Waals surface area contributed by atoms with Crippen LogP contribution >= 0.6 is 0 Å². The second-order valence-corrected chi connectivity index (χ2v) is 4.00. The van der Waals surface area contributed by atoms with Gasteiger partial charge < -0.3 is 16.2 Å². The lowest BCUT2D eigenvalue weighted by atomic mass is 10.1. The van der Waals surface area contributed by atoms with Gasteiger partial charge in [0.15, 0.2) is 0 Å². The highest BCUT2D eigenvalue weighted by Crippen LogP contribution is 2.18. The van der Waals surface area contributed by atoms with Crippen LogP contribution in [0.5, 0.6) is 0 Å². The van der Waals surface area contributed by atoms with Gasteiger partial charge in [0.25, 0.3) is 0 Å². The lowest BCUT2D eigenvalue weighted by molar-refractivity contribution is 0.0698. The van der Waals surface area contributed by atoms with Crippen LogP contribution in [-0.2, 0) is 0 Å². The van der Waals surface area contributed by atoms with Crippen LogP contribution in [0.15, 0.2) is 18.2 Å². The Morgan fingerprint density at radius 2 is 2.25 bits per heavy atom. The standard InChI is InChI=1S/C12H18N2O2/c1-3-8(2)7-14-9-4-5-10(12(15)16)11(13)6-9/h4-6,8,14H,3,7,13H2,1-2H3,(H,15,16). The minimum absolute atomic E-state index is 0.147. The molecule has 0 bridgehead atoms. The molecule has 0 fully saturated rings. The molecule has 1 aromatic rings. The van der Waals surface area contributed by atoms with Gasteiger partial charge >= 0.3 is 5.97 Å². The van der Waals surface area contributed by atoms with E-state index in [2.05, 4.69) is 19.2 Å². The summed E-state index contributed by atoms with van der Waals surface area (Å²) in [5, 5.41) is 12.0. The van der Waals surface area contributed by atoms with Crippen molar-refractivity contribution in [3.8, 4) is 0 Å². The number of hydrogen-bond donors (Lipinski definition) is 3. The normalized spacial score (nSPS) is 12.1. The third-order valence-electron chi connectivity index (χ3n) is 2.63. The van der Waals surface area contributed by atoms with Crippen LogP contribution in [0.25, 0.3) is 0 Å². The average molecular weight is 222 g/mol. The van der Waals surface area contributed by atoms with Crippen LogP contribution in [0.1, 0.15) is 30.6 Å². The van der Waals surface area contributed by atoms with Crippen molar-refractivity contribution in [1.82, 2.24) is 0 Å². The molecule has 1 atom stereocenters. The average Bonchev–Trinajstić information content (AvgIpc) is 2.25.